The quantitative estimate of drug-likeness (QED) is 0.466. The van der Waals surface area contributed by atoms with E-state index in [4.69, 9.17) is 12.2 Å². The van der Waals surface area contributed by atoms with Crippen LogP contribution in [0.3, 0.4) is 0 Å². The van der Waals surface area contributed by atoms with Crippen LogP contribution < -0.4 is 0 Å². The average Bonchev–Trinajstić information content (AvgIpc) is 2.34. The first-order valence-corrected chi connectivity index (χ1v) is 5.27. The number of hydrazone groups is 1. The van der Waals surface area contributed by atoms with Gasteiger partial charge in [-0.1, -0.05) is 18.7 Å². The molecule has 5 nitrogen and oxygen atoms in total. The molecule has 1 aliphatic heterocycles. The molecule has 0 atom stereocenters. The minimum absolute atomic E-state index is 0.0556. The van der Waals surface area contributed by atoms with Crippen LogP contribution in [0.5, 0.6) is 0 Å². The van der Waals surface area contributed by atoms with Crippen LogP contribution in [0.2, 0.25) is 0 Å². The summed E-state index contributed by atoms with van der Waals surface area (Å²) in [7, 11) is 0. The van der Waals surface area contributed by atoms with E-state index in [0.29, 0.717) is 5.56 Å². The highest BCUT2D eigenvalue weighted by atomic mass is 32.1. The molecule has 1 heterocycles. The van der Waals surface area contributed by atoms with Crippen molar-refractivity contribution in [2.75, 3.05) is 0 Å². The Morgan fingerprint density at radius 2 is 2.22 bits per heavy atom. The molecule has 0 saturated carbocycles. The van der Waals surface area contributed by atoms with Gasteiger partial charge in [-0.05, 0) is 29.9 Å². The van der Waals surface area contributed by atoms with E-state index < -0.39 is 11.7 Å². The van der Waals surface area contributed by atoms with Crippen LogP contribution in [0.1, 0.15) is 5.56 Å². The number of carbonyl (C=O) groups excluding carboxylic acids is 1. The Hall–Kier alpha value is -2.28. The van der Waals surface area contributed by atoms with Crippen molar-refractivity contribution in [2.24, 2.45) is 15.3 Å². The number of nitrogens with zero attached hydrogens (tertiary/aromatic N) is 4. The molecule has 18 heavy (non-hydrogen) atoms. The fourth-order valence-corrected chi connectivity index (χ4v) is 1.38. The van der Waals surface area contributed by atoms with E-state index in [1.807, 2.05) is 0 Å². The van der Waals surface area contributed by atoms with Gasteiger partial charge in [0.2, 0.25) is 5.11 Å². The average molecular weight is 262 g/mol. The molecule has 7 heteroatoms. The second kappa shape index (κ2) is 4.92. The number of hydrogen-bond acceptors (Lipinski definition) is 4. The van der Waals surface area contributed by atoms with E-state index in [-0.39, 0.29) is 10.8 Å². The van der Waals surface area contributed by atoms with E-state index in [1.54, 1.807) is 6.07 Å². The molecule has 0 N–H and O–H groups in total. The molecule has 0 radical (unpaired) electrons. The highest BCUT2D eigenvalue weighted by Gasteiger charge is 2.24. The summed E-state index contributed by atoms with van der Waals surface area (Å²) >= 11 is 4.81. The monoisotopic (exact) mass is 262 g/mol. The number of halogens is 1. The Bertz CT molecular complexity index is 596. The van der Waals surface area contributed by atoms with E-state index in [0.717, 1.165) is 5.01 Å². The topological polar surface area (TPSA) is 57.4 Å². The Labute approximate surface area is 107 Å². The third-order valence-corrected chi connectivity index (χ3v) is 2.30. The number of amides is 1. The maximum absolute atomic E-state index is 12.9. The summed E-state index contributed by atoms with van der Waals surface area (Å²) in [6.07, 6.45) is 1.31. The third-order valence-electron chi connectivity index (χ3n) is 2.05. The normalized spacial score (nSPS) is 15.8. The fourth-order valence-electron chi connectivity index (χ4n) is 1.21. The smallest absolute Gasteiger partial charge is 0.265 e. The van der Waals surface area contributed by atoms with E-state index in [1.165, 1.54) is 24.4 Å². The van der Waals surface area contributed by atoms with Gasteiger partial charge in [0.1, 0.15) is 11.5 Å². The largest absolute Gasteiger partial charge is 0.300 e. The number of carbonyl (C=O) groups is 1. The third kappa shape index (κ3) is 2.51. The van der Waals surface area contributed by atoms with Crippen molar-refractivity contribution in [3.63, 3.8) is 0 Å². The molecule has 0 aromatic heterocycles. The first kappa shape index (κ1) is 12.2. The van der Waals surface area contributed by atoms with Gasteiger partial charge in [-0.15, -0.1) is 10.2 Å². The Balaban J connectivity index is 2.23. The lowest BCUT2D eigenvalue weighted by Gasteiger charge is -2.16. The number of rotatable bonds is 2. The van der Waals surface area contributed by atoms with E-state index >= 15 is 0 Å². The van der Waals surface area contributed by atoms with E-state index in [2.05, 4.69) is 21.9 Å². The van der Waals surface area contributed by atoms with Crippen molar-refractivity contribution < 1.29 is 9.18 Å². The summed E-state index contributed by atoms with van der Waals surface area (Å²) < 4.78 is 12.9. The summed E-state index contributed by atoms with van der Waals surface area (Å²) in [5, 5.41) is 11.7. The Morgan fingerprint density at radius 3 is 2.94 bits per heavy atom. The van der Waals surface area contributed by atoms with Crippen molar-refractivity contribution in [1.82, 2.24) is 5.01 Å². The number of hydrogen-bond donors (Lipinski definition) is 0. The second-order valence-electron chi connectivity index (χ2n) is 3.35. The van der Waals surface area contributed by atoms with Crippen LogP contribution in [-0.4, -0.2) is 22.2 Å². The molecule has 0 bridgehead atoms. The molecule has 2 rings (SSSR count). The molecule has 1 amide bonds. The zero-order chi connectivity index (χ0) is 13.1. The Morgan fingerprint density at radius 1 is 1.44 bits per heavy atom. The summed E-state index contributed by atoms with van der Waals surface area (Å²) in [5.41, 5.74) is 0.443. The minimum atomic E-state index is -0.553. The molecule has 0 fully saturated rings. The van der Waals surface area contributed by atoms with Crippen LogP contribution in [0.4, 0.5) is 4.39 Å². The number of azo groups is 1. The molecular weight excluding hydrogens is 255 g/mol. The molecule has 0 spiro atoms. The molecule has 90 valence electrons. The number of thiocarbonyl (C=S) groups is 1. The fraction of sp³-hybridized carbons (Fsp3) is 0. The SMILES string of the molecule is C=C1N=NC(=S)N(/N=C/c2cccc(F)c2)C1=O. The molecule has 1 aromatic carbocycles. The lowest BCUT2D eigenvalue weighted by atomic mass is 10.2. The van der Waals surface area contributed by atoms with Gasteiger partial charge in [-0.2, -0.15) is 10.1 Å². The van der Waals surface area contributed by atoms with Crippen LogP contribution in [0.15, 0.2) is 51.9 Å². The van der Waals surface area contributed by atoms with Crippen molar-refractivity contribution in [3.05, 3.63) is 47.9 Å². The molecule has 0 aliphatic carbocycles. The highest BCUT2D eigenvalue weighted by molar-refractivity contribution is 7.80. The maximum Gasteiger partial charge on any atom is 0.300 e. The molecule has 0 unspecified atom stereocenters. The lowest BCUT2D eigenvalue weighted by Crippen LogP contribution is -2.33. The highest BCUT2D eigenvalue weighted by Crippen LogP contribution is 2.12. The standard InChI is InChI=1S/C11H7FN4OS/c1-7-10(17)16(11(18)15-14-7)13-6-8-3-2-4-9(12)5-8/h2-6H,1H2/b13-6+. The predicted molar refractivity (Wildman–Crippen MR) is 67.4 cm³/mol. The minimum Gasteiger partial charge on any atom is -0.265 e. The van der Waals surface area contributed by atoms with Gasteiger partial charge >= 0.3 is 5.91 Å². The van der Waals surface area contributed by atoms with Crippen LogP contribution in [0, 0.1) is 5.82 Å². The predicted octanol–water partition coefficient (Wildman–Crippen LogP) is 2.25. The van der Waals surface area contributed by atoms with Gasteiger partial charge in [-0.3, -0.25) is 4.79 Å². The summed E-state index contributed by atoms with van der Waals surface area (Å²) in [6.45, 7) is 3.40. The van der Waals surface area contributed by atoms with Gasteiger partial charge in [0.05, 0.1) is 6.21 Å². The first-order chi connectivity index (χ1) is 8.58. The van der Waals surface area contributed by atoms with Crippen molar-refractivity contribution in [2.45, 2.75) is 0 Å². The molecule has 1 aromatic rings. The van der Waals surface area contributed by atoms with Gasteiger partial charge in [0.25, 0.3) is 0 Å². The van der Waals surface area contributed by atoms with Gasteiger partial charge in [-0.25, -0.2) is 4.39 Å². The lowest BCUT2D eigenvalue weighted by molar-refractivity contribution is -0.123. The van der Waals surface area contributed by atoms with Gasteiger partial charge in [0, 0.05) is 0 Å². The van der Waals surface area contributed by atoms with E-state index in [9.17, 15) is 9.18 Å². The van der Waals surface area contributed by atoms with Crippen LogP contribution >= 0.6 is 12.2 Å². The summed E-state index contributed by atoms with van der Waals surface area (Å²) in [4.78, 5) is 11.6. The molecule has 1 aliphatic rings. The zero-order valence-electron chi connectivity index (χ0n) is 9.08. The Kier molecular flexibility index (Phi) is 3.33. The molecule has 0 saturated heterocycles. The van der Waals surface area contributed by atoms with Gasteiger partial charge < -0.3 is 0 Å². The summed E-state index contributed by atoms with van der Waals surface area (Å²) in [6, 6.07) is 5.76. The maximum atomic E-state index is 12.9. The zero-order valence-corrected chi connectivity index (χ0v) is 9.89. The van der Waals surface area contributed by atoms with Crippen molar-refractivity contribution in [3.8, 4) is 0 Å². The van der Waals surface area contributed by atoms with Crippen molar-refractivity contribution in [1.29, 1.82) is 0 Å². The second-order valence-corrected chi connectivity index (χ2v) is 3.71. The summed E-state index contributed by atoms with van der Waals surface area (Å²) in [5.74, 6) is -0.946. The van der Waals surface area contributed by atoms with Crippen molar-refractivity contribution >= 4 is 29.5 Å². The van der Waals surface area contributed by atoms with Crippen LogP contribution in [0.25, 0.3) is 0 Å². The first-order valence-electron chi connectivity index (χ1n) is 4.86. The van der Waals surface area contributed by atoms with Crippen LogP contribution in [-0.2, 0) is 4.79 Å². The number of benzene rings is 1. The molecular formula is C11H7FN4OS. The van der Waals surface area contributed by atoms with Gasteiger partial charge in [0.15, 0.2) is 0 Å².